The number of ether oxygens (including phenoxy) is 1. The first-order valence-corrected chi connectivity index (χ1v) is 7.54. The third kappa shape index (κ3) is 3.67. The molecular weight excluding hydrogens is 252 g/mol. The number of aryl methyl sites for hydroxylation is 1. The molecule has 5 nitrogen and oxygen atoms in total. The first-order chi connectivity index (χ1) is 9.70. The Bertz CT molecular complexity index is 449. The largest absolute Gasteiger partial charge is 0.373 e. The van der Waals surface area contributed by atoms with Crippen molar-refractivity contribution in [1.29, 1.82) is 0 Å². The minimum atomic E-state index is 0.280. The fourth-order valence-corrected chi connectivity index (χ4v) is 2.81. The topological polar surface area (TPSA) is 41.5 Å². The molecule has 0 bridgehead atoms. The quantitative estimate of drug-likeness (QED) is 0.811. The molecule has 0 radical (unpaired) electrons. The van der Waals surface area contributed by atoms with Crippen molar-refractivity contribution in [3.63, 3.8) is 0 Å². The normalized spacial score (nSPS) is 23.4. The van der Waals surface area contributed by atoms with Crippen molar-refractivity contribution in [3.8, 4) is 0 Å². The molecule has 1 aromatic heterocycles. The molecule has 110 valence electrons. The fraction of sp³-hybridized carbons (Fsp3) is 0.733. The van der Waals surface area contributed by atoms with Crippen LogP contribution < -0.4 is 4.90 Å². The molecule has 1 unspecified atom stereocenters. The van der Waals surface area contributed by atoms with Gasteiger partial charge in [-0.2, -0.15) is 0 Å². The van der Waals surface area contributed by atoms with E-state index in [2.05, 4.69) is 32.9 Å². The minimum Gasteiger partial charge on any atom is -0.373 e. The van der Waals surface area contributed by atoms with Gasteiger partial charge in [-0.3, -0.25) is 0 Å². The monoisotopic (exact) mass is 276 g/mol. The van der Waals surface area contributed by atoms with Gasteiger partial charge in [0.15, 0.2) is 0 Å². The molecule has 1 saturated heterocycles. The predicted molar refractivity (Wildman–Crippen MR) is 78.9 cm³/mol. The second-order valence-electron chi connectivity index (χ2n) is 6.12. The van der Waals surface area contributed by atoms with Gasteiger partial charge in [-0.15, -0.1) is 0 Å². The molecule has 5 heteroatoms. The van der Waals surface area contributed by atoms with Gasteiger partial charge in [0.1, 0.15) is 12.1 Å². The Hall–Kier alpha value is -1.20. The van der Waals surface area contributed by atoms with Crippen LogP contribution in [-0.4, -0.2) is 60.8 Å². The summed E-state index contributed by atoms with van der Waals surface area (Å²) in [7, 11) is 2.20. The molecule has 1 saturated carbocycles. The zero-order chi connectivity index (χ0) is 13.9. The average Bonchev–Trinajstić information content (AvgIpc) is 3.23. The van der Waals surface area contributed by atoms with Crippen molar-refractivity contribution in [1.82, 2.24) is 14.9 Å². The number of morpholine rings is 1. The van der Waals surface area contributed by atoms with Gasteiger partial charge in [0.05, 0.1) is 12.7 Å². The maximum Gasteiger partial charge on any atom is 0.132 e. The van der Waals surface area contributed by atoms with E-state index in [1.54, 1.807) is 6.33 Å². The lowest BCUT2D eigenvalue weighted by Crippen LogP contribution is -2.47. The standard InChI is InChI=1S/C15H24N4O/c1-12-7-15(17-11-16-12)19-5-6-20-14(10-19)9-18(2)8-13-3-4-13/h7,11,13-14H,3-6,8-10H2,1-2H3. The summed E-state index contributed by atoms with van der Waals surface area (Å²) in [4.78, 5) is 13.3. The van der Waals surface area contributed by atoms with Crippen molar-refractivity contribution in [2.45, 2.75) is 25.9 Å². The van der Waals surface area contributed by atoms with Crippen LogP contribution in [0.1, 0.15) is 18.5 Å². The van der Waals surface area contributed by atoms with Crippen LogP contribution >= 0.6 is 0 Å². The summed E-state index contributed by atoms with van der Waals surface area (Å²) in [5.74, 6) is 1.96. The Balaban J connectivity index is 1.55. The summed E-state index contributed by atoms with van der Waals surface area (Å²) in [5.41, 5.74) is 1.02. The highest BCUT2D eigenvalue weighted by atomic mass is 16.5. The smallest absolute Gasteiger partial charge is 0.132 e. The van der Waals surface area contributed by atoms with E-state index < -0.39 is 0 Å². The zero-order valence-electron chi connectivity index (χ0n) is 12.5. The number of likely N-dealkylation sites (N-methyl/N-ethyl adjacent to an activating group) is 1. The molecule has 0 amide bonds. The van der Waals surface area contributed by atoms with Crippen LogP contribution in [0.3, 0.4) is 0 Å². The van der Waals surface area contributed by atoms with Crippen LogP contribution in [0.4, 0.5) is 5.82 Å². The van der Waals surface area contributed by atoms with Gasteiger partial charge in [0.2, 0.25) is 0 Å². The Morgan fingerprint density at radius 2 is 2.20 bits per heavy atom. The summed E-state index contributed by atoms with van der Waals surface area (Å²) < 4.78 is 5.91. The van der Waals surface area contributed by atoms with Crippen molar-refractivity contribution >= 4 is 5.82 Å². The number of hydrogen-bond donors (Lipinski definition) is 0. The van der Waals surface area contributed by atoms with Crippen molar-refractivity contribution in [2.24, 2.45) is 5.92 Å². The number of nitrogens with zero attached hydrogens (tertiary/aromatic N) is 4. The highest BCUT2D eigenvalue weighted by Crippen LogP contribution is 2.29. The maximum atomic E-state index is 5.91. The van der Waals surface area contributed by atoms with Gasteiger partial charge >= 0.3 is 0 Å². The molecule has 3 rings (SSSR count). The van der Waals surface area contributed by atoms with Gasteiger partial charge in [-0.05, 0) is 32.7 Å². The Morgan fingerprint density at radius 3 is 2.95 bits per heavy atom. The lowest BCUT2D eigenvalue weighted by molar-refractivity contribution is 0.0197. The number of aromatic nitrogens is 2. The summed E-state index contributed by atoms with van der Waals surface area (Å²) in [5, 5.41) is 0. The number of rotatable bonds is 5. The Morgan fingerprint density at radius 1 is 1.35 bits per heavy atom. The van der Waals surface area contributed by atoms with E-state index >= 15 is 0 Å². The van der Waals surface area contributed by atoms with Gasteiger partial charge < -0.3 is 14.5 Å². The fourth-order valence-electron chi connectivity index (χ4n) is 2.81. The van der Waals surface area contributed by atoms with Crippen LogP contribution in [0.5, 0.6) is 0 Å². The average molecular weight is 276 g/mol. The van der Waals surface area contributed by atoms with Gasteiger partial charge in [-0.25, -0.2) is 9.97 Å². The van der Waals surface area contributed by atoms with Crippen LogP contribution in [0, 0.1) is 12.8 Å². The van der Waals surface area contributed by atoms with Crippen LogP contribution in [0.15, 0.2) is 12.4 Å². The van der Waals surface area contributed by atoms with E-state index in [0.29, 0.717) is 0 Å². The summed E-state index contributed by atoms with van der Waals surface area (Å²) >= 11 is 0. The first-order valence-electron chi connectivity index (χ1n) is 7.54. The molecule has 1 aromatic rings. The van der Waals surface area contributed by atoms with Gasteiger partial charge in [0, 0.05) is 37.9 Å². The Labute approximate surface area is 121 Å². The summed E-state index contributed by atoms with van der Waals surface area (Å²) in [6.45, 7) is 6.85. The van der Waals surface area contributed by atoms with Gasteiger partial charge in [0.25, 0.3) is 0 Å². The summed E-state index contributed by atoms with van der Waals surface area (Å²) in [6, 6.07) is 2.05. The molecule has 1 aliphatic heterocycles. The highest BCUT2D eigenvalue weighted by molar-refractivity contribution is 5.39. The van der Waals surface area contributed by atoms with Crippen LogP contribution in [0.2, 0.25) is 0 Å². The molecule has 1 aliphatic carbocycles. The number of anilines is 1. The van der Waals surface area contributed by atoms with E-state index in [1.807, 2.05) is 6.92 Å². The predicted octanol–water partition coefficient (Wildman–Crippen LogP) is 1.33. The van der Waals surface area contributed by atoms with Crippen molar-refractivity contribution in [2.75, 3.05) is 44.7 Å². The molecule has 1 atom stereocenters. The van der Waals surface area contributed by atoms with Crippen LogP contribution in [-0.2, 0) is 4.74 Å². The van der Waals surface area contributed by atoms with E-state index in [4.69, 9.17) is 4.74 Å². The lowest BCUT2D eigenvalue weighted by atomic mass is 10.2. The first kappa shape index (κ1) is 13.8. The third-order valence-corrected chi connectivity index (χ3v) is 4.03. The van der Waals surface area contributed by atoms with E-state index in [0.717, 1.165) is 43.7 Å². The number of hydrogen-bond acceptors (Lipinski definition) is 5. The molecule has 2 aliphatic rings. The van der Waals surface area contributed by atoms with Crippen LogP contribution in [0.25, 0.3) is 0 Å². The molecule has 2 heterocycles. The maximum absolute atomic E-state index is 5.91. The van der Waals surface area contributed by atoms with E-state index in [9.17, 15) is 0 Å². The molecular formula is C15H24N4O. The van der Waals surface area contributed by atoms with E-state index in [1.165, 1.54) is 19.4 Å². The lowest BCUT2D eigenvalue weighted by Gasteiger charge is -2.35. The second kappa shape index (κ2) is 6.06. The second-order valence-corrected chi connectivity index (χ2v) is 6.12. The third-order valence-electron chi connectivity index (χ3n) is 4.03. The molecule has 2 fully saturated rings. The highest BCUT2D eigenvalue weighted by Gasteiger charge is 2.26. The van der Waals surface area contributed by atoms with Crippen molar-refractivity contribution in [3.05, 3.63) is 18.1 Å². The van der Waals surface area contributed by atoms with Gasteiger partial charge in [-0.1, -0.05) is 0 Å². The molecule has 20 heavy (non-hydrogen) atoms. The Kier molecular flexibility index (Phi) is 4.17. The molecule has 0 aromatic carbocycles. The molecule has 0 N–H and O–H groups in total. The zero-order valence-corrected chi connectivity index (χ0v) is 12.5. The molecule has 0 spiro atoms. The minimum absolute atomic E-state index is 0.280. The van der Waals surface area contributed by atoms with E-state index in [-0.39, 0.29) is 6.10 Å². The summed E-state index contributed by atoms with van der Waals surface area (Å²) in [6.07, 6.45) is 4.74. The SMILES string of the molecule is Cc1cc(N2CCOC(CN(C)CC3CC3)C2)ncn1. The van der Waals surface area contributed by atoms with Crippen molar-refractivity contribution < 1.29 is 4.74 Å².